The Balaban J connectivity index is 4.39. The first-order valence-electron chi connectivity index (χ1n) is 24.5. The first-order valence-corrected chi connectivity index (χ1v) is 24.5. The Morgan fingerprint density at radius 1 is 0.351 bits per heavy atom. The number of hydrogen-bond donors (Lipinski definition) is 0. The Morgan fingerprint density at radius 2 is 0.649 bits per heavy atom. The average Bonchev–Trinajstić information content (AvgIpc) is 3.21. The molecule has 0 spiro atoms. The van der Waals surface area contributed by atoms with Crippen LogP contribution in [0.15, 0.2) is 36.5 Å². The highest BCUT2D eigenvalue weighted by atomic mass is 16.6. The van der Waals surface area contributed by atoms with Crippen molar-refractivity contribution in [3.63, 3.8) is 0 Å². The Morgan fingerprint density at radius 3 is 1.07 bits per heavy atom. The summed E-state index contributed by atoms with van der Waals surface area (Å²) < 4.78 is 16.7. The van der Waals surface area contributed by atoms with Gasteiger partial charge in [-0.15, -0.1) is 0 Å². The van der Waals surface area contributed by atoms with Gasteiger partial charge in [-0.25, -0.2) is 0 Å². The van der Waals surface area contributed by atoms with Gasteiger partial charge in [-0.2, -0.15) is 0 Å². The molecule has 0 radical (unpaired) electrons. The molecule has 0 saturated carbocycles. The maximum atomic E-state index is 12.7. The van der Waals surface area contributed by atoms with E-state index in [9.17, 15) is 14.4 Å². The van der Waals surface area contributed by atoms with Crippen LogP contribution in [0.5, 0.6) is 0 Å². The van der Waals surface area contributed by atoms with Gasteiger partial charge in [0.15, 0.2) is 6.10 Å². The predicted octanol–water partition coefficient (Wildman–Crippen LogP) is 15.8. The Labute approximate surface area is 353 Å². The van der Waals surface area contributed by atoms with Crippen molar-refractivity contribution in [1.29, 1.82) is 0 Å². The van der Waals surface area contributed by atoms with Crippen LogP contribution in [0.1, 0.15) is 252 Å². The molecular formula is C51H92O6. The van der Waals surface area contributed by atoms with Crippen LogP contribution in [0.25, 0.3) is 0 Å². The lowest BCUT2D eigenvalue weighted by Crippen LogP contribution is -2.30. The van der Waals surface area contributed by atoms with E-state index < -0.39 is 6.10 Å². The smallest absolute Gasteiger partial charge is 0.306 e. The van der Waals surface area contributed by atoms with E-state index in [-0.39, 0.29) is 31.1 Å². The highest BCUT2D eigenvalue weighted by molar-refractivity contribution is 5.71. The lowest BCUT2D eigenvalue weighted by atomic mass is 10.0. The SMILES string of the molecule is CCCC/C=C\C/C=C\CCCCCCCC(=O)OCC(COC(=O)CCCCCCC/C=C\CCCCC)OC(=O)CCCCCCCCCCCCCCC. The fourth-order valence-corrected chi connectivity index (χ4v) is 6.86. The van der Waals surface area contributed by atoms with Crippen molar-refractivity contribution >= 4 is 17.9 Å². The molecule has 6 nitrogen and oxygen atoms in total. The molecule has 0 saturated heterocycles. The number of carbonyl (C=O) groups is 3. The molecule has 0 aliphatic heterocycles. The summed E-state index contributed by atoms with van der Waals surface area (Å²) in [6.07, 6.45) is 52.6. The molecule has 0 rings (SSSR count). The third kappa shape index (κ3) is 44.6. The number of esters is 3. The zero-order valence-electron chi connectivity index (χ0n) is 37.9. The van der Waals surface area contributed by atoms with Gasteiger partial charge in [-0.05, 0) is 70.6 Å². The van der Waals surface area contributed by atoms with E-state index in [1.165, 1.54) is 128 Å². The summed E-state index contributed by atoms with van der Waals surface area (Å²) in [6, 6.07) is 0. The third-order valence-electron chi connectivity index (χ3n) is 10.6. The first-order chi connectivity index (χ1) is 28.0. The highest BCUT2D eigenvalue weighted by Crippen LogP contribution is 2.15. The summed E-state index contributed by atoms with van der Waals surface area (Å²) in [5.41, 5.74) is 0. The molecule has 0 bridgehead atoms. The van der Waals surface area contributed by atoms with Gasteiger partial charge in [0.05, 0.1) is 0 Å². The van der Waals surface area contributed by atoms with Crippen LogP contribution in [0.3, 0.4) is 0 Å². The summed E-state index contributed by atoms with van der Waals surface area (Å²) in [4.78, 5) is 37.8. The van der Waals surface area contributed by atoms with Crippen LogP contribution in [-0.2, 0) is 28.6 Å². The van der Waals surface area contributed by atoms with Crippen molar-refractivity contribution in [3.05, 3.63) is 36.5 Å². The molecule has 0 fully saturated rings. The van der Waals surface area contributed by atoms with Crippen molar-refractivity contribution in [1.82, 2.24) is 0 Å². The molecule has 6 heteroatoms. The summed E-state index contributed by atoms with van der Waals surface area (Å²) in [5, 5.41) is 0. The summed E-state index contributed by atoms with van der Waals surface area (Å²) in [5.74, 6) is -0.895. The second-order valence-electron chi connectivity index (χ2n) is 16.4. The molecule has 57 heavy (non-hydrogen) atoms. The topological polar surface area (TPSA) is 78.9 Å². The molecule has 0 amide bonds. The van der Waals surface area contributed by atoms with Crippen LogP contribution in [0, 0.1) is 0 Å². The maximum Gasteiger partial charge on any atom is 0.306 e. The van der Waals surface area contributed by atoms with E-state index in [2.05, 4.69) is 57.2 Å². The molecule has 0 aromatic rings. The summed E-state index contributed by atoms with van der Waals surface area (Å²) >= 11 is 0. The minimum atomic E-state index is -0.776. The minimum Gasteiger partial charge on any atom is -0.462 e. The van der Waals surface area contributed by atoms with Gasteiger partial charge in [-0.3, -0.25) is 14.4 Å². The van der Waals surface area contributed by atoms with E-state index in [1.807, 2.05) is 0 Å². The summed E-state index contributed by atoms with van der Waals surface area (Å²) in [7, 11) is 0. The van der Waals surface area contributed by atoms with Gasteiger partial charge in [0.1, 0.15) is 13.2 Å². The quantitative estimate of drug-likeness (QED) is 0.0264. The standard InChI is InChI=1S/C51H92O6/c1-4-7-10-13-16-19-22-25-27-29-32-35-38-41-44-50(53)56-47-48(46-55-49(52)43-40-37-34-31-28-24-21-18-15-12-9-6-3)57-51(54)45-42-39-36-33-30-26-23-20-17-14-11-8-5-2/h13,16,18,21-22,25,48H,4-12,14-15,17,19-20,23-24,26-47H2,1-3H3/b16-13-,21-18-,25-22-. The number of rotatable bonds is 44. The minimum absolute atomic E-state index is 0.0787. The van der Waals surface area contributed by atoms with Crippen LogP contribution < -0.4 is 0 Å². The van der Waals surface area contributed by atoms with Crippen LogP contribution in [0.2, 0.25) is 0 Å². The van der Waals surface area contributed by atoms with Crippen LogP contribution in [-0.4, -0.2) is 37.2 Å². The van der Waals surface area contributed by atoms with E-state index in [4.69, 9.17) is 14.2 Å². The third-order valence-corrected chi connectivity index (χ3v) is 10.6. The zero-order chi connectivity index (χ0) is 41.5. The number of unbranched alkanes of at least 4 members (excludes halogenated alkanes) is 27. The lowest BCUT2D eigenvalue weighted by Gasteiger charge is -2.18. The first kappa shape index (κ1) is 54.6. The second-order valence-corrected chi connectivity index (χ2v) is 16.4. The molecule has 0 aliphatic carbocycles. The molecule has 0 aromatic carbocycles. The number of carbonyl (C=O) groups excluding carboxylic acids is 3. The average molecular weight is 801 g/mol. The maximum absolute atomic E-state index is 12.7. The molecule has 0 heterocycles. The number of allylic oxidation sites excluding steroid dienone is 6. The van der Waals surface area contributed by atoms with Crippen molar-refractivity contribution in [2.75, 3.05) is 13.2 Å². The molecular weight excluding hydrogens is 709 g/mol. The summed E-state index contributed by atoms with van der Waals surface area (Å²) in [6.45, 7) is 6.56. The number of hydrogen-bond acceptors (Lipinski definition) is 6. The predicted molar refractivity (Wildman–Crippen MR) is 242 cm³/mol. The van der Waals surface area contributed by atoms with Gasteiger partial charge in [0.25, 0.3) is 0 Å². The van der Waals surface area contributed by atoms with Crippen LogP contribution in [0.4, 0.5) is 0 Å². The molecule has 0 N–H and O–H groups in total. The second kappa shape index (κ2) is 46.3. The van der Waals surface area contributed by atoms with Gasteiger partial charge >= 0.3 is 17.9 Å². The normalized spacial score (nSPS) is 12.3. The Kier molecular flexibility index (Phi) is 44.4. The van der Waals surface area contributed by atoms with E-state index >= 15 is 0 Å². The van der Waals surface area contributed by atoms with E-state index in [0.717, 1.165) is 83.5 Å². The Bertz CT molecular complexity index is 969. The lowest BCUT2D eigenvalue weighted by molar-refractivity contribution is -0.167. The van der Waals surface area contributed by atoms with E-state index in [0.29, 0.717) is 19.3 Å². The molecule has 332 valence electrons. The van der Waals surface area contributed by atoms with Gasteiger partial charge < -0.3 is 14.2 Å². The monoisotopic (exact) mass is 801 g/mol. The molecule has 0 aromatic heterocycles. The van der Waals surface area contributed by atoms with Crippen molar-refractivity contribution < 1.29 is 28.6 Å². The molecule has 1 atom stereocenters. The fourth-order valence-electron chi connectivity index (χ4n) is 6.86. The largest absolute Gasteiger partial charge is 0.462 e. The molecule has 0 aliphatic rings. The van der Waals surface area contributed by atoms with Gasteiger partial charge in [-0.1, -0.05) is 198 Å². The van der Waals surface area contributed by atoms with Crippen molar-refractivity contribution in [2.24, 2.45) is 0 Å². The van der Waals surface area contributed by atoms with Crippen LogP contribution >= 0.6 is 0 Å². The van der Waals surface area contributed by atoms with Crippen molar-refractivity contribution in [3.8, 4) is 0 Å². The van der Waals surface area contributed by atoms with Crippen molar-refractivity contribution in [2.45, 2.75) is 258 Å². The fraction of sp³-hybridized carbons (Fsp3) is 0.824. The number of ether oxygens (including phenoxy) is 3. The van der Waals surface area contributed by atoms with E-state index in [1.54, 1.807) is 0 Å². The van der Waals surface area contributed by atoms with Gasteiger partial charge in [0, 0.05) is 19.3 Å². The van der Waals surface area contributed by atoms with Gasteiger partial charge in [0.2, 0.25) is 0 Å². The Hall–Kier alpha value is -2.37. The molecule has 1 unspecified atom stereocenters. The zero-order valence-corrected chi connectivity index (χ0v) is 37.9. The highest BCUT2D eigenvalue weighted by Gasteiger charge is 2.19.